The Kier molecular flexibility index (Phi) is 6.44. The number of hydrazone groups is 1. The fourth-order valence-corrected chi connectivity index (χ4v) is 2.90. The van der Waals surface area contributed by atoms with Crippen molar-refractivity contribution in [2.75, 3.05) is 5.43 Å². The van der Waals surface area contributed by atoms with Gasteiger partial charge in [-0.15, -0.1) is 0 Å². The van der Waals surface area contributed by atoms with Crippen molar-refractivity contribution in [2.24, 2.45) is 5.10 Å². The summed E-state index contributed by atoms with van der Waals surface area (Å²) in [7, 11) is 0. The number of anilines is 1. The standard InChI is InChI=1S/C20H17N6O6/c1-14-3-2-10-23(12-14)13-19(15-4-6-16(7-5-15)24(27)28)22-21-18-9-8-17(25(29)30)11-20(18)26(31)32/h2-12,21H,13H2,1H3/q+1. The summed E-state index contributed by atoms with van der Waals surface area (Å²) in [6.07, 6.45) is 3.68. The summed E-state index contributed by atoms with van der Waals surface area (Å²) >= 11 is 0. The molecule has 0 unspecified atom stereocenters. The normalized spacial score (nSPS) is 11.1. The topological polar surface area (TPSA) is 158 Å². The van der Waals surface area contributed by atoms with Gasteiger partial charge in [0.15, 0.2) is 18.9 Å². The Labute approximate surface area is 180 Å². The number of non-ortho nitro benzene ring substituents is 2. The fourth-order valence-electron chi connectivity index (χ4n) is 2.90. The van der Waals surface area contributed by atoms with Crippen molar-refractivity contribution in [2.45, 2.75) is 13.5 Å². The van der Waals surface area contributed by atoms with E-state index in [0.717, 1.165) is 17.7 Å². The quantitative estimate of drug-likeness (QED) is 0.244. The number of nitrogens with zero attached hydrogens (tertiary/aromatic N) is 5. The van der Waals surface area contributed by atoms with Crippen LogP contribution in [-0.2, 0) is 6.54 Å². The summed E-state index contributed by atoms with van der Waals surface area (Å²) in [4.78, 5) is 31.3. The second-order valence-corrected chi connectivity index (χ2v) is 6.74. The third-order valence-corrected chi connectivity index (χ3v) is 4.45. The lowest BCUT2D eigenvalue weighted by molar-refractivity contribution is -0.682. The number of hydrogen-bond donors (Lipinski definition) is 1. The number of aryl methyl sites for hydroxylation is 1. The second kappa shape index (κ2) is 9.38. The van der Waals surface area contributed by atoms with Crippen LogP contribution >= 0.6 is 0 Å². The van der Waals surface area contributed by atoms with Crippen LogP contribution in [0.5, 0.6) is 0 Å². The summed E-state index contributed by atoms with van der Waals surface area (Å²) in [5, 5.41) is 37.5. The highest BCUT2D eigenvalue weighted by Gasteiger charge is 2.20. The molecule has 0 aliphatic heterocycles. The summed E-state index contributed by atoms with van der Waals surface area (Å²) in [5.41, 5.74) is 3.55. The van der Waals surface area contributed by atoms with Gasteiger partial charge in [-0.05, 0) is 31.2 Å². The number of nitro groups is 3. The summed E-state index contributed by atoms with van der Waals surface area (Å²) in [5.74, 6) is 0. The molecule has 0 aliphatic carbocycles. The number of benzene rings is 2. The molecule has 162 valence electrons. The first kappa shape index (κ1) is 22.0. The summed E-state index contributed by atoms with van der Waals surface area (Å²) < 4.78 is 1.83. The zero-order valence-electron chi connectivity index (χ0n) is 16.7. The highest BCUT2D eigenvalue weighted by molar-refractivity contribution is 6.00. The van der Waals surface area contributed by atoms with Gasteiger partial charge in [-0.1, -0.05) is 0 Å². The van der Waals surface area contributed by atoms with Crippen molar-refractivity contribution in [1.82, 2.24) is 0 Å². The molecule has 12 nitrogen and oxygen atoms in total. The first-order chi connectivity index (χ1) is 15.2. The number of nitro benzene ring substituents is 3. The fraction of sp³-hybridized carbons (Fsp3) is 0.100. The minimum atomic E-state index is -0.744. The van der Waals surface area contributed by atoms with Gasteiger partial charge in [0.2, 0.25) is 0 Å². The van der Waals surface area contributed by atoms with Crippen LogP contribution in [-0.4, -0.2) is 20.5 Å². The van der Waals surface area contributed by atoms with E-state index in [9.17, 15) is 30.3 Å². The lowest BCUT2D eigenvalue weighted by atomic mass is 10.1. The molecule has 1 heterocycles. The van der Waals surface area contributed by atoms with E-state index in [2.05, 4.69) is 10.5 Å². The maximum absolute atomic E-state index is 11.4. The van der Waals surface area contributed by atoms with Gasteiger partial charge in [-0.3, -0.25) is 35.8 Å². The van der Waals surface area contributed by atoms with Crippen molar-refractivity contribution in [3.63, 3.8) is 0 Å². The van der Waals surface area contributed by atoms with Gasteiger partial charge in [0.05, 0.1) is 20.8 Å². The Balaban J connectivity index is 2.00. The van der Waals surface area contributed by atoms with E-state index in [0.29, 0.717) is 11.3 Å². The van der Waals surface area contributed by atoms with Crippen LogP contribution in [0.4, 0.5) is 22.7 Å². The van der Waals surface area contributed by atoms with Crippen LogP contribution in [0, 0.1) is 37.3 Å². The number of rotatable bonds is 8. The second-order valence-electron chi connectivity index (χ2n) is 6.74. The van der Waals surface area contributed by atoms with Gasteiger partial charge in [-0.25, -0.2) is 0 Å². The largest absolute Gasteiger partial charge is 0.301 e. The van der Waals surface area contributed by atoms with E-state index < -0.39 is 26.1 Å². The van der Waals surface area contributed by atoms with Gasteiger partial charge < -0.3 is 0 Å². The molecule has 0 amide bonds. The maximum atomic E-state index is 11.4. The lowest BCUT2D eigenvalue weighted by Gasteiger charge is -2.07. The van der Waals surface area contributed by atoms with E-state index in [-0.39, 0.29) is 17.9 Å². The molecule has 12 heteroatoms. The van der Waals surface area contributed by atoms with Gasteiger partial charge in [-0.2, -0.15) is 9.67 Å². The third kappa shape index (κ3) is 5.24. The van der Waals surface area contributed by atoms with E-state index in [1.165, 1.54) is 30.3 Å². The van der Waals surface area contributed by atoms with Gasteiger partial charge >= 0.3 is 5.69 Å². The molecule has 3 aromatic rings. The molecule has 0 saturated carbocycles. The van der Waals surface area contributed by atoms with Crippen LogP contribution in [0.1, 0.15) is 11.1 Å². The number of aromatic nitrogens is 1. The zero-order valence-corrected chi connectivity index (χ0v) is 16.7. The Hall–Kier alpha value is -4.74. The van der Waals surface area contributed by atoms with Gasteiger partial charge in [0, 0.05) is 35.4 Å². The third-order valence-electron chi connectivity index (χ3n) is 4.45. The monoisotopic (exact) mass is 437 g/mol. The minimum absolute atomic E-state index is 0.0331. The summed E-state index contributed by atoms with van der Waals surface area (Å²) in [6.45, 7) is 2.17. The van der Waals surface area contributed by atoms with Gasteiger partial charge in [0.1, 0.15) is 11.4 Å². The average Bonchev–Trinajstić information content (AvgIpc) is 2.76. The molecule has 0 spiro atoms. The molecule has 0 radical (unpaired) electrons. The van der Waals surface area contributed by atoms with Crippen LogP contribution in [0.3, 0.4) is 0 Å². The SMILES string of the molecule is Cc1ccc[n+](CC(=NNc2ccc([N+](=O)[O-])cc2[N+](=O)[O-])c2ccc([N+](=O)[O-])cc2)c1. The maximum Gasteiger partial charge on any atom is 0.301 e. The first-order valence-electron chi connectivity index (χ1n) is 9.20. The minimum Gasteiger partial charge on any atom is -0.271 e. The number of nitrogens with one attached hydrogen (secondary N) is 1. The van der Waals surface area contributed by atoms with Crippen LogP contribution in [0.2, 0.25) is 0 Å². The molecule has 2 aromatic carbocycles. The first-order valence-corrected chi connectivity index (χ1v) is 9.20. The molecule has 0 atom stereocenters. The van der Waals surface area contributed by atoms with E-state index in [4.69, 9.17) is 0 Å². The van der Waals surface area contributed by atoms with Crippen molar-refractivity contribution in [3.8, 4) is 0 Å². The van der Waals surface area contributed by atoms with Crippen LogP contribution in [0.15, 0.2) is 72.1 Å². The highest BCUT2D eigenvalue weighted by Crippen LogP contribution is 2.29. The Morgan fingerprint density at radius 2 is 1.59 bits per heavy atom. The van der Waals surface area contributed by atoms with E-state index in [1.54, 1.807) is 0 Å². The molecule has 3 rings (SSSR count). The van der Waals surface area contributed by atoms with Crippen LogP contribution in [0.25, 0.3) is 0 Å². The van der Waals surface area contributed by atoms with Crippen molar-refractivity contribution < 1.29 is 19.3 Å². The Bertz CT molecular complexity index is 1230. The Morgan fingerprint density at radius 1 is 0.938 bits per heavy atom. The van der Waals surface area contributed by atoms with Crippen molar-refractivity contribution >= 4 is 28.5 Å². The smallest absolute Gasteiger partial charge is 0.271 e. The molecule has 0 saturated heterocycles. The molecular formula is C20H17N6O6+. The number of hydrogen-bond acceptors (Lipinski definition) is 8. The average molecular weight is 437 g/mol. The predicted molar refractivity (Wildman–Crippen MR) is 114 cm³/mol. The van der Waals surface area contributed by atoms with Gasteiger partial charge in [0.25, 0.3) is 11.4 Å². The molecule has 0 aliphatic rings. The van der Waals surface area contributed by atoms with E-state index >= 15 is 0 Å². The molecule has 0 fully saturated rings. The molecule has 1 aromatic heterocycles. The molecule has 1 N–H and O–H groups in total. The molecule has 32 heavy (non-hydrogen) atoms. The highest BCUT2D eigenvalue weighted by atomic mass is 16.6. The van der Waals surface area contributed by atoms with Crippen molar-refractivity contribution in [3.05, 3.63) is 108 Å². The molecule has 0 bridgehead atoms. The molecular weight excluding hydrogens is 420 g/mol. The van der Waals surface area contributed by atoms with Crippen LogP contribution < -0.4 is 9.99 Å². The number of pyridine rings is 1. The Morgan fingerprint density at radius 3 is 2.19 bits per heavy atom. The summed E-state index contributed by atoms with van der Waals surface area (Å²) in [6, 6.07) is 12.7. The predicted octanol–water partition coefficient (Wildman–Crippen LogP) is 3.52. The van der Waals surface area contributed by atoms with Crippen molar-refractivity contribution in [1.29, 1.82) is 0 Å². The van der Waals surface area contributed by atoms with E-state index in [1.807, 2.05) is 36.0 Å². The lowest BCUT2D eigenvalue weighted by Crippen LogP contribution is -2.38. The zero-order chi connectivity index (χ0) is 23.3.